The van der Waals surface area contributed by atoms with Crippen molar-refractivity contribution in [1.82, 2.24) is 10.2 Å². The molecule has 0 aliphatic carbocycles. The van der Waals surface area contributed by atoms with Crippen molar-refractivity contribution in [3.8, 4) is 5.75 Å². The largest absolute Gasteiger partial charge is 0.493 e. The van der Waals surface area contributed by atoms with Crippen LogP contribution in [0.25, 0.3) is 0 Å². The normalized spacial score (nSPS) is 18.7. The van der Waals surface area contributed by atoms with Gasteiger partial charge in [-0.15, -0.1) is 0 Å². The van der Waals surface area contributed by atoms with Gasteiger partial charge in [0.2, 0.25) is 5.91 Å². The first-order valence-corrected chi connectivity index (χ1v) is 12.2. The lowest BCUT2D eigenvalue weighted by Crippen LogP contribution is -2.48. The van der Waals surface area contributed by atoms with Crippen molar-refractivity contribution in [3.05, 3.63) is 83.4 Å². The third kappa shape index (κ3) is 4.37. The molecule has 3 aromatic rings. The van der Waals surface area contributed by atoms with Crippen LogP contribution in [0.5, 0.6) is 5.75 Å². The van der Waals surface area contributed by atoms with Gasteiger partial charge >= 0.3 is 6.03 Å². The highest BCUT2D eigenvalue weighted by Crippen LogP contribution is 2.41. The molecule has 7 nitrogen and oxygen atoms in total. The summed E-state index contributed by atoms with van der Waals surface area (Å²) >= 11 is 1.66. The third-order valence-electron chi connectivity index (χ3n) is 6.26. The zero-order valence-electron chi connectivity index (χ0n) is 19.5. The SMILES string of the molecule is Cc1ccc(Sc2ccc(NC(=O)CN3C(=O)NC4(CCOc5ccccc54)C3=O)cc2)c(C)c1. The minimum absolute atomic E-state index is 0.301. The molecule has 178 valence electrons. The molecule has 3 aromatic carbocycles. The van der Waals surface area contributed by atoms with Gasteiger partial charge in [0.1, 0.15) is 12.3 Å². The summed E-state index contributed by atoms with van der Waals surface area (Å²) in [7, 11) is 0. The third-order valence-corrected chi connectivity index (χ3v) is 7.44. The molecule has 1 unspecified atom stereocenters. The van der Waals surface area contributed by atoms with Crippen LogP contribution in [0, 0.1) is 13.8 Å². The van der Waals surface area contributed by atoms with Crippen molar-refractivity contribution in [2.75, 3.05) is 18.5 Å². The second-order valence-corrected chi connectivity index (χ2v) is 9.88. The zero-order valence-corrected chi connectivity index (χ0v) is 20.3. The Bertz CT molecular complexity index is 1320. The lowest BCUT2D eigenvalue weighted by atomic mass is 9.84. The molecule has 35 heavy (non-hydrogen) atoms. The number of hydrogen-bond acceptors (Lipinski definition) is 5. The first kappa shape index (κ1) is 23.0. The highest BCUT2D eigenvalue weighted by molar-refractivity contribution is 7.99. The van der Waals surface area contributed by atoms with Crippen LogP contribution < -0.4 is 15.4 Å². The van der Waals surface area contributed by atoms with Crippen LogP contribution in [0.4, 0.5) is 10.5 Å². The van der Waals surface area contributed by atoms with Crippen LogP contribution in [0.2, 0.25) is 0 Å². The number of fused-ring (bicyclic) bond motifs is 2. The Morgan fingerprint density at radius 1 is 1.09 bits per heavy atom. The van der Waals surface area contributed by atoms with Crippen LogP contribution in [0.1, 0.15) is 23.1 Å². The van der Waals surface area contributed by atoms with Crippen molar-refractivity contribution >= 4 is 35.3 Å². The van der Waals surface area contributed by atoms with Crippen molar-refractivity contribution in [3.63, 3.8) is 0 Å². The number of nitrogens with zero attached hydrogens (tertiary/aromatic N) is 1. The van der Waals surface area contributed by atoms with Crippen LogP contribution in [-0.4, -0.2) is 35.9 Å². The number of anilines is 1. The van der Waals surface area contributed by atoms with Crippen molar-refractivity contribution in [2.45, 2.75) is 35.6 Å². The van der Waals surface area contributed by atoms with Gasteiger partial charge in [0.15, 0.2) is 5.54 Å². The number of benzene rings is 3. The number of carbonyl (C=O) groups is 3. The fourth-order valence-corrected chi connectivity index (χ4v) is 5.39. The van der Waals surface area contributed by atoms with Gasteiger partial charge in [0.25, 0.3) is 5.91 Å². The molecule has 1 fully saturated rings. The van der Waals surface area contributed by atoms with E-state index in [1.54, 1.807) is 30.0 Å². The Hall–Kier alpha value is -3.78. The Labute approximate surface area is 207 Å². The number of hydrogen-bond donors (Lipinski definition) is 2. The van der Waals surface area contributed by atoms with E-state index in [4.69, 9.17) is 4.74 Å². The summed E-state index contributed by atoms with van der Waals surface area (Å²) < 4.78 is 5.64. The fraction of sp³-hybridized carbons (Fsp3) is 0.222. The topological polar surface area (TPSA) is 87.7 Å². The number of nitrogens with one attached hydrogen (secondary N) is 2. The van der Waals surface area contributed by atoms with Gasteiger partial charge in [0, 0.05) is 27.5 Å². The van der Waals surface area contributed by atoms with Crippen molar-refractivity contribution in [1.29, 1.82) is 0 Å². The van der Waals surface area contributed by atoms with Crippen LogP contribution in [-0.2, 0) is 15.1 Å². The Morgan fingerprint density at radius 3 is 2.63 bits per heavy atom. The maximum absolute atomic E-state index is 13.3. The summed E-state index contributed by atoms with van der Waals surface area (Å²) in [4.78, 5) is 41.9. The smallest absolute Gasteiger partial charge is 0.325 e. The summed E-state index contributed by atoms with van der Waals surface area (Å²) in [5.41, 5.74) is 2.45. The second kappa shape index (κ2) is 9.11. The predicted molar refractivity (Wildman–Crippen MR) is 134 cm³/mol. The minimum Gasteiger partial charge on any atom is -0.493 e. The average Bonchev–Trinajstić information content (AvgIpc) is 3.07. The molecule has 5 rings (SSSR count). The Kier molecular flexibility index (Phi) is 5.98. The molecule has 2 aliphatic heterocycles. The van der Waals surface area contributed by atoms with Crippen molar-refractivity contribution in [2.24, 2.45) is 0 Å². The predicted octanol–water partition coefficient (Wildman–Crippen LogP) is 4.62. The number of urea groups is 1. The number of rotatable bonds is 5. The van der Waals surface area contributed by atoms with E-state index in [0.29, 0.717) is 30.0 Å². The fourth-order valence-electron chi connectivity index (χ4n) is 4.51. The van der Waals surface area contributed by atoms with Gasteiger partial charge in [-0.25, -0.2) is 4.79 Å². The summed E-state index contributed by atoms with van der Waals surface area (Å²) in [6.45, 7) is 4.09. The maximum Gasteiger partial charge on any atom is 0.325 e. The number of imide groups is 1. The molecular weight excluding hydrogens is 462 g/mol. The van der Waals surface area contributed by atoms with E-state index >= 15 is 0 Å². The summed E-state index contributed by atoms with van der Waals surface area (Å²) in [6, 6.07) is 20.4. The van der Waals surface area contributed by atoms with Crippen LogP contribution in [0.3, 0.4) is 0 Å². The minimum atomic E-state index is -1.20. The zero-order chi connectivity index (χ0) is 24.6. The lowest BCUT2D eigenvalue weighted by Gasteiger charge is -2.33. The van der Waals surface area contributed by atoms with E-state index in [1.807, 2.05) is 30.3 Å². The highest BCUT2D eigenvalue weighted by atomic mass is 32.2. The number of carbonyl (C=O) groups excluding carboxylic acids is 3. The second-order valence-electron chi connectivity index (χ2n) is 8.76. The summed E-state index contributed by atoms with van der Waals surface area (Å²) in [5, 5.41) is 5.59. The number of amides is 4. The summed E-state index contributed by atoms with van der Waals surface area (Å²) in [6.07, 6.45) is 0.312. The quantitative estimate of drug-likeness (QED) is 0.513. The molecule has 0 bridgehead atoms. The first-order valence-electron chi connectivity index (χ1n) is 11.4. The first-order chi connectivity index (χ1) is 16.9. The van der Waals surface area contributed by atoms with E-state index < -0.39 is 23.4 Å². The van der Waals surface area contributed by atoms with Gasteiger partial charge < -0.3 is 15.4 Å². The van der Waals surface area contributed by atoms with E-state index in [1.165, 1.54) is 16.0 Å². The number of para-hydroxylation sites is 1. The molecule has 1 saturated heterocycles. The van der Waals surface area contributed by atoms with Gasteiger partial charge in [-0.2, -0.15) is 0 Å². The van der Waals surface area contributed by atoms with Crippen LogP contribution in [0.15, 0.2) is 76.5 Å². The molecule has 0 saturated carbocycles. The molecule has 0 aromatic heterocycles. The summed E-state index contributed by atoms with van der Waals surface area (Å²) in [5.74, 6) is -0.313. The molecule has 2 N–H and O–H groups in total. The van der Waals surface area contributed by atoms with Gasteiger partial charge in [-0.05, 0) is 55.8 Å². The van der Waals surface area contributed by atoms with E-state index in [0.717, 1.165) is 9.80 Å². The maximum atomic E-state index is 13.3. The molecule has 2 aliphatic rings. The van der Waals surface area contributed by atoms with Crippen LogP contribution >= 0.6 is 11.8 Å². The van der Waals surface area contributed by atoms with E-state index in [2.05, 4.69) is 42.7 Å². The van der Waals surface area contributed by atoms with Gasteiger partial charge in [-0.3, -0.25) is 14.5 Å². The van der Waals surface area contributed by atoms with Crippen molar-refractivity contribution < 1.29 is 19.1 Å². The Balaban J connectivity index is 1.24. The van der Waals surface area contributed by atoms with Gasteiger partial charge in [-0.1, -0.05) is 47.7 Å². The number of aryl methyl sites for hydroxylation is 2. The molecule has 8 heteroatoms. The molecule has 1 spiro atoms. The molecule has 0 radical (unpaired) electrons. The lowest BCUT2D eigenvalue weighted by molar-refractivity contribution is -0.135. The molecule has 1 atom stereocenters. The van der Waals surface area contributed by atoms with Gasteiger partial charge in [0.05, 0.1) is 6.61 Å². The average molecular weight is 488 g/mol. The molecule has 4 amide bonds. The Morgan fingerprint density at radius 2 is 1.86 bits per heavy atom. The van der Waals surface area contributed by atoms with E-state index in [-0.39, 0.29) is 6.54 Å². The molecule has 2 heterocycles. The monoisotopic (exact) mass is 487 g/mol. The standard InChI is InChI=1S/C27H25N3O4S/c1-17-7-12-23(18(2)15-17)35-20-10-8-19(9-11-20)28-24(31)16-30-25(32)27(29-26(30)33)13-14-34-22-6-4-3-5-21(22)27/h3-12,15H,13-14,16H2,1-2H3,(H,28,31)(H,29,33). The highest BCUT2D eigenvalue weighted by Gasteiger charge is 2.55. The van der Waals surface area contributed by atoms with E-state index in [9.17, 15) is 14.4 Å². The molecular formula is C27H25N3O4S. The number of ether oxygens (including phenoxy) is 1.